The Kier molecular flexibility index (Phi) is 3.24. The third-order valence-electron chi connectivity index (χ3n) is 2.54. The van der Waals surface area contributed by atoms with Crippen molar-refractivity contribution in [1.29, 1.82) is 0 Å². The molecule has 0 heterocycles. The molecule has 0 unspecified atom stereocenters. The third kappa shape index (κ3) is 2.72. The van der Waals surface area contributed by atoms with Crippen LogP contribution in [0.4, 0.5) is 5.69 Å². The summed E-state index contributed by atoms with van der Waals surface area (Å²) in [7, 11) is 0. The van der Waals surface area contributed by atoms with Crippen LogP contribution in [0.5, 0.6) is 0 Å². The van der Waals surface area contributed by atoms with Gasteiger partial charge < -0.3 is 5.32 Å². The molecule has 2 aromatic rings. The van der Waals surface area contributed by atoms with Gasteiger partial charge in [0.1, 0.15) is 0 Å². The average molecular weight is 225 g/mol. The standard InChI is InChI=1S/C15H15NO/c1-11(10-12(2)17)16-15-9-5-7-13-6-3-4-8-14(13)15/h3-10,16H,1-2H3/b11-10-. The Morgan fingerprint density at radius 2 is 1.76 bits per heavy atom. The predicted octanol–water partition coefficient (Wildman–Crippen LogP) is 3.74. The van der Waals surface area contributed by atoms with Crippen LogP contribution in [0.1, 0.15) is 13.8 Å². The molecule has 2 aromatic carbocycles. The van der Waals surface area contributed by atoms with Crippen molar-refractivity contribution >= 4 is 22.2 Å². The molecule has 2 rings (SSSR count). The van der Waals surface area contributed by atoms with E-state index in [-0.39, 0.29) is 5.78 Å². The Morgan fingerprint density at radius 1 is 1.06 bits per heavy atom. The lowest BCUT2D eigenvalue weighted by molar-refractivity contribution is -0.112. The number of benzene rings is 2. The number of carbonyl (C=O) groups excluding carboxylic acids is 1. The van der Waals surface area contributed by atoms with Crippen LogP contribution in [0.3, 0.4) is 0 Å². The Bertz CT molecular complexity index is 579. The van der Waals surface area contributed by atoms with Crippen molar-refractivity contribution in [1.82, 2.24) is 0 Å². The topological polar surface area (TPSA) is 29.1 Å². The molecule has 17 heavy (non-hydrogen) atoms. The highest BCUT2D eigenvalue weighted by molar-refractivity contribution is 5.95. The SMILES string of the molecule is CC(=O)/C=C(/C)Nc1cccc2ccccc12. The van der Waals surface area contributed by atoms with Crippen LogP contribution in [-0.2, 0) is 4.79 Å². The molecule has 0 aliphatic rings. The van der Waals surface area contributed by atoms with E-state index in [1.165, 1.54) is 5.39 Å². The normalized spacial score (nSPS) is 11.5. The Hall–Kier alpha value is -2.09. The molecule has 0 fully saturated rings. The number of allylic oxidation sites excluding steroid dienone is 2. The van der Waals surface area contributed by atoms with E-state index in [0.29, 0.717) is 0 Å². The molecule has 0 bridgehead atoms. The maximum atomic E-state index is 11.0. The van der Waals surface area contributed by atoms with Gasteiger partial charge in [-0.2, -0.15) is 0 Å². The first-order valence-corrected chi connectivity index (χ1v) is 5.60. The fraction of sp³-hybridized carbons (Fsp3) is 0.133. The largest absolute Gasteiger partial charge is 0.359 e. The lowest BCUT2D eigenvalue weighted by atomic mass is 10.1. The molecule has 1 N–H and O–H groups in total. The predicted molar refractivity (Wildman–Crippen MR) is 72.0 cm³/mol. The molecule has 0 aliphatic heterocycles. The van der Waals surface area contributed by atoms with Crippen LogP contribution >= 0.6 is 0 Å². The first-order valence-electron chi connectivity index (χ1n) is 5.60. The monoisotopic (exact) mass is 225 g/mol. The molecule has 2 heteroatoms. The smallest absolute Gasteiger partial charge is 0.154 e. The first-order chi connectivity index (χ1) is 8.16. The minimum absolute atomic E-state index is 0.0511. The van der Waals surface area contributed by atoms with Crippen molar-refractivity contribution in [3.05, 3.63) is 54.2 Å². The van der Waals surface area contributed by atoms with E-state index in [1.807, 2.05) is 31.2 Å². The van der Waals surface area contributed by atoms with E-state index in [2.05, 4.69) is 23.5 Å². The molecular weight excluding hydrogens is 210 g/mol. The van der Waals surface area contributed by atoms with E-state index < -0.39 is 0 Å². The number of carbonyl (C=O) groups is 1. The average Bonchev–Trinajstić information content (AvgIpc) is 2.28. The van der Waals surface area contributed by atoms with Crippen molar-refractivity contribution < 1.29 is 4.79 Å². The summed E-state index contributed by atoms with van der Waals surface area (Å²) in [5, 5.41) is 5.60. The summed E-state index contributed by atoms with van der Waals surface area (Å²) < 4.78 is 0. The lowest BCUT2D eigenvalue weighted by Crippen LogP contribution is -1.98. The fourth-order valence-electron chi connectivity index (χ4n) is 1.89. The van der Waals surface area contributed by atoms with Crippen LogP contribution in [0, 0.1) is 0 Å². The molecule has 0 amide bonds. The molecule has 0 radical (unpaired) electrons. The first kappa shape index (κ1) is 11.4. The summed E-state index contributed by atoms with van der Waals surface area (Å²) in [6.07, 6.45) is 1.60. The second kappa shape index (κ2) is 4.83. The second-order valence-electron chi connectivity index (χ2n) is 4.09. The molecule has 0 atom stereocenters. The summed E-state index contributed by atoms with van der Waals surface area (Å²) in [6, 6.07) is 14.3. The highest BCUT2D eigenvalue weighted by atomic mass is 16.1. The van der Waals surface area contributed by atoms with Crippen molar-refractivity contribution in [3.63, 3.8) is 0 Å². The third-order valence-corrected chi connectivity index (χ3v) is 2.54. The van der Waals surface area contributed by atoms with Crippen molar-refractivity contribution in [2.75, 3.05) is 5.32 Å². The maximum Gasteiger partial charge on any atom is 0.154 e. The summed E-state index contributed by atoms with van der Waals surface area (Å²) in [5.74, 6) is 0.0511. The summed E-state index contributed by atoms with van der Waals surface area (Å²) >= 11 is 0. The van der Waals surface area contributed by atoms with Gasteiger partial charge in [-0.25, -0.2) is 0 Å². The van der Waals surface area contributed by atoms with E-state index >= 15 is 0 Å². The molecule has 2 nitrogen and oxygen atoms in total. The molecule has 0 saturated heterocycles. The zero-order valence-corrected chi connectivity index (χ0v) is 10.0. The minimum Gasteiger partial charge on any atom is -0.359 e. The van der Waals surface area contributed by atoms with Crippen LogP contribution in [0.2, 0.25) is 0 Å². The van der Waals surface area contributed by atoms with Gasteiger partial charge in [-0.05, 0) is 31.4 Å². The Balaban J connectivity index is 2.39. The molecule has 0 spiro atoms. The molecular formula is C15H15NO. The molecule has 86 valence electrons. The van der Waals surface area contributed by atoms with Gasteiger partial charge in [0, 0.05) is 16.8 Å². The molecule has 0 saturated carbocycles. The summed E-state index contributed by atoms with van der Waals surface area (Å²) in [6.45, 7) is 3.44. The van der Waals surface area contributed by atoms with Gasteiger partial charge in [0.15, 0.2) is 5.78 Å². The fourth-order valence-corrected chi connectivity index (χ4v) is 1.89. The number of hydrogen-bond donors (Lipinski definition) is 1. The summed E-state index contributed by atoms with van der Waals surface area (Å²) in [5.41, 5.74) is 1.88. The number of fused-ring (bicyclic) bond motifs is 1. The van der Waals surface area contributed by atoms with Crippen LogP contribution in [0.25, 0.3) is 10.8 Å². The quantitative estimate of drug-likeness (QED) is 0.806. The lowest BCUT2D eigenvalue weighted by Gasteiger charge is -2.09. The van der Waals surface area contributed by atoms with E-state index in [1.54, 1.807) is 13.0 Å². The highest BCUT2D eigenvalue weighted by Gasteiger charge is 2.00. The van der Waals surface area contributed by atoms with E-state index in [0.717, 1.165) is 16.8 Å². The second-order valence-corrected chi connectivity index (χ2v) is 4.09. The zero-order chi connectivity index (χ0) is 12.3. The van der Waals surface area contributed by atoms with E-state index in [9.17, 15) is 4.79 Å². The van der Waals surface area contributed by atoms with Crippen molar-refractivity contribution in [2.24, 2.45) is 0 Å². The number of rotatable bonds is 3. The number of hydrogen-bond acceptors (Lipinski definition) is 2. The number of nitrogens with one attached hydrogen (secondary N) is 1. The van der Waals surface area contributed by atoms with Gasteiger partial charge in [0.25, 0.3) is 0 Å². The van der Waals surface area contributed by atoms with Gasteiger partial charge >= 0.3 is 0 Å². The Labute approximate surface area is 101 Å². The van der Waals surface area contributed by atoms with Gasteiger partial charge in [-0.3, -0.25) is 4.79 Å². The van der Waals surface area contributed by atoms with Crippen LogP contribution in [0.15, 0.2) is 54.2 Å². The van der Waals surface area contributed by atoms with Gasteiger partial charge in [-0.15, -0.1) is 0 Å². The maximum absolute atomic E-state index is 11.0. The van der Waals surface area contributed by atoms with Crippen LogP contribution in [-0.4, -0.2) is 5.78 Å². The molecule has 0 aliphatic carbocycles. The number of anilines is 1. The zero-order valence-electron chi connectivity index (χ0n) is 10.0. The van der Waals surface area contributed by atoms with Crippen molar-refractivity contribution in [3.8, 4) is 0 Å². The molecule has 0 aromatic heterocycles. The summed E-state index contributed by atoms with van der Waals surface area (Å²) in [4.78, 5) is 11.0. The van der Waals surface area contributed by atoms with Gasteiger partial charge in [0.05, 0.1) is 0 Å². The van der Waals surface area contributed by atoms with Crippen LogP contribution < -0.4 is 5.32 Å². The van der Waals surface area contributed by atoms with Gasteiger partial charge in [0.2, 0.25) is 0 Å². The number of ketones is 1. The Morgan fingerprint density at radius 3 is 2.53 bits per heavy atom. The van der Waals surface area contributed by atoms with Crippen molar-refractivity contribution in [2.45, 2.75) is 13.8 Å². The minimum atomic E-state index is 0.0511. The highest BCUT2D eigenvalue weighted by Crippen LogP contribution is 2.23. The van der Waals surface area contributed by atoms with E-state index in [4.69, 9.17) is 0 Å². The van der Waals surface area contributed by atoms with Gasteiger partial charge in [-0.1, -0.05) is 36.4 Å².